The van der Waals surface area contributed by atoms with E-state index >= 15 is 0 Å². The highest BCUT2D eigenvalue weighted by Gasteiger charge is 2.08. The third kappa shape index (κ3) is 4.92. The van der Waals surface area contributed by atoms with Gasteiger partial charge in [-0.2, -0.15) is 0 Å². The number of benzene rings is 2. The highest BCUT2D eigenvalue weighted by atomic mass is 16.5. The van der Waals surface area contributed by atoms with Crippen LogP contribution >= 0.6 is 0 Å². The summed E-state index contributed by atoms with van der Waals surface area (Å²) in [6, 6.07) is 14.4. The second-order valence-corrected chi connectivity index (χ2v) is 5.90. The van der Waals surface area contributed by atoms with E-state index in [1.807, 2.05) is 31.2 Å². The van der Waals surface area contributed by atoms with Crippen molar-refractivity contribution in [2.24, 2.45) is 0 Å². The molecule has 0 unspecified atom stereocenters. The fourth-order valence-corrected chi connectivity index (χ4v) is 2.48. The monoisotopic (exact) mass is 313 g/mol. The van der Waals surface area contributed by atoms with Crippen LogP contribution in [0.4, 0.5) is 5.69 Å². The Kier molecular flexibility index (Phi) is 6.33. The quantitative estimate of drug-likeness (QED) is 0.695. The van der Waals surface area contributed by atoms with Crippen LogP contribution in [-0.2, 0) is 0 Å². The van der Waals surface area contributed by atoms with Crippen molar-refractivity contribution in [1.29, 1.82) is 0 Å². The molecule has 1 N–H and O–H groups in total. The molecule has 2 rings (SSSR count). The molecule has 0 radical (unpaired) electrons. The Morgan fingerprint density at radius 3 is 2.52 bits per heavy atom. The maximum atomic E-state index is 6.00. The van der Waals surface area contributed by atoms with E-state index in [1.165, 1.54) is 11.1 Å². The van der Waals surface area contributed by atoms with Crippen LogP contribution in [0.5, 0.6) is 11.5 Å². The third-order valence-electron chi connectivity index (χ3n) is 3.65. The van der Waals surface area contributed by atoms with Gasteiger partial charge in [0.05, 0.1) is 12.3 Å². The van der Waals surface area contributed by atoms with E-state index in [0.717, 1.165) is 23.7 Å². The van der Waals surface area contributed by atoms with Crippen molar-refractivity contribution in [3.8, 4) is 11.5 Å². The molecule has 3 heteroatoms. The van der Waals surface area contributed by atoms with E-state index in [9.17, 15) is 0 Å². The predicted molar refractivity (Wildman–Crippen MR) is 96.9 cm³/mol. The number of para-hydroxylation sites is 2. The average molecular weight is 313 g/mol. The molecule has 3 nitrogen and oxygen atoms in total. The Morgan fingerprint density at radius 2 is 1.78 bits per heavy atom. The number of rotatable bonds is 8. The van der Waals surface area contributed by atoms with Crippen LogP contribution in [-0.4, -0.2) is 19.8 Å². The maximum Gasteiger partial charge on any atom is 0.142 e. The Bertz CT molecular complexity index is 623. The first-order chi connectivity index (χ1) is 11.1. The van der Waals surface area contributed by atoms with Gasteiger partial charge in [0.2, 0.25) is 0 Å². The molecule has 0 aromatic heterocycles. The standard InChI is InChI=1S/C20H27NO2/c1-5-22-19-9-7-6-8-18(19)21-12-13-23-20-14-16(4)10-11-17(20)15(2)3/h6-11,14-15,21H,5,12-13H2,1-4H3. The molecule has 0 fully saturated rings. The molecule has 0 heterocycles. The number of ether oxygens (including phenoxy) is 2. The van der Waals surface area contributed by atoms with Crippen molar-refractivity contribution >= 4 is 5.69 Å². The molecular formula is C20H27NO2. The topological polar surface area (TPSA) is 30.5 Å². The molecule has 23 heavy (non-hydrogen) atoms. The lowest BCUT2D eigenvalue weighted by molar-refractivity contribution is 0.326. The van der Waals surface area contributed by atoms with Gasteiger partial charge in [-0.15, -0.1) is 0 Å². The fraction of sp³-hybridized carbons (Fsp3) is 0.400. The summed E-state index contributed by atoms with van der Waals surface area (Å²) in [6.07, 6.45) is 0. The van der Waals surface area contributed by atoms with Crippen molar-refractivity contribution in [3.05, 3.63) is 53.6 Å². The van der Waals surface area contributed by atoms with E-state index in [-0.39, 0.29) is 0 Å². The second-order valence-electron chi connectivity index (χ2n) is 5.90. The summed E-state index contributed by atoms with van der Waals surface area (Å²) in [5.74, 6) is 2.32. The lowest BCUT2D eigenvalue weighted by Crippen LogP contribution is -2.13. The molecule has 0 spiro atoms. The Balaban J connectivity index is 1.92. The number of anilines is 1. The van der Waals surface area contributed by atoms with Crippen molar-refractivity contribution in [3.63, 3.8) is 0 Å². The molecule has 2 aromatic carbocycles. The summed E-state index contributed by atoms with van der Waals surface area (Å²) in [6.45, 7) is 10.5. The lowest BCUT2D eigenvalue weighted by Gasteiger charge is -2.16. The number of aryl methyl sites for hydroxylation is 1. The Hall–Kier alpha value is -2.16. The zero-order valence-corrected chi connectivity index (χ0v) is 14.6. The van der Waals surface area contributed by atoms with Gasteiger partial charge in [-0.1, -0.05) is 38.1 Å². The van der Waals surface area contributed by atoms with E-state index < -0.39 is 0 Å². The molecule has 0 atom stereocenters. The molecule has 0 amide bonds. The second kappa shape index (κ2) is 8.47. The van der Waals surface area contributed by atoms with Gasteiger partial charge < -0.3 is 14.8 Å². The van der Waals surface area contributed by atoms with Crippen molar-refractivity contribution < 1.29 is 9.47 Å². The summed E-state index contributed by atoms with van der Waals surface area (Å²) < 4.78 is 11.6. The van der Waals surface area contributed by atoms with Crippen molar-refractivity contribution in [1.82, 2.24) is 0 Å². The van der Waals surface area contributed by atoms with Gasteiger partial charge in [-0.05, 0) is 49.1 Å². The van der Waals surface area contributed by atoms with Gasteiger partial charge in [0.25, 0.3) is 0 Å². The molecule has 0 aliphatic rings. The van der Waals surface area contributed by atoms with Crippen LogP contribution in [0, 0.1) is 6.92 Å². The molecule has 0 saturated heterocycles. The van der Waals surface area contributed by atoms with E-state index in [2.05, 4.69) is 44.3 Å². The normalized spacial score (nSPS) is 10.7. The van der Waals surface area contributed by atoms with Crippen LogP contribution < -0.4 is 14.8 Å². The van der Waals surface area contributed by atoms with Crippen LogP contribution in [0.1, 0.15) is 37.8 Å². The summed E-state index contributed by atoms with van der Waals surface area (Å²) in [7, 11) is 0. The highest BCUT2D eigenvalue weighted by Crippen LogP contribution is 2.27. The largest absolute Gasteiger partial charge is 0.492 e. The van der Waals surface area contributed by atoms with E-state index in [1.54, 1.807) is 0 Å². The Labute approximate surface area is 139 Å². The van der Waals surface area contributed by atoms with Gasteiger partial charge in [-0.25, -0.2) is 0 Å². The van der Waals surface area contributed by atoms with Crippen molar-refractivity contribution in [2.75, 3.05) is 25.1 Å². The van der Waals surface area contributed by atoms with Crippen LogP contribution in [0.15, 0.2) is 42.5 Å². The average Bonchev–Trinajstić information content (AvgIpc) is 2.53. The molecule has 0 saturated carbocycles. The van der Waals surface area contributed by atoms with Gasteiger partial charge in [-0.3, -0.25) is 0 Å². The molecule has 0 bridgehead atoms. The SMILES string of the molecule is CCOc1ccccc1NCCOc1cc(C)ccc1C(C)C. The number of hydrogen-bond acceptors (Lipinski definition) is 3. The highest BCUT2D eigenvalue weighted by molar-refractivity contribution is 5.56. The zero-order chi connectivity index (χ0) is 16.7. The first-order valence-electron chi connectivity index (χ1n) is 8.31. The number of nitrogens with one attached hydrogen (secondary N) is 1. The molecule has 2 aromatic rings. The first-order valence-corrected chi connectivity index (χ1v) is 8.31. The van der Waals surface area contributed by atoms with E-state index in [0.29, 0.717) is 19.1 Å². The summed E-state index contributed by atoms with van der Waals surface area (Å²) >= 11 is 0. The lowest BCUT2D eigenvalue weighted by atomic mass is 10.0. The summed E-state index contributed by atoms with van der Waals surface area (Å²) in [5.41, 5.74) is 3.48. The predicted octanol–water partition coefficient (Wildman–Crippen LogP) is 5.01. The minimum atomic E-state index is 0.456. The summed E-state index contributed by atoms with van der Waals surface area (Å²) in [4.78, 5) is 0. The minimum Gasteiger partial charge on any atom is -0.492 e. The van der Waals surface area contributed by atoms with Gasteiger partial charge in [0.1, 0.15) is 18.1 Å². The smallest absolute Gasteiger partial charge is 0.142 e. The third-order valence-corrected chi connectivity index (χ3v) is 3.65. The van der Waals surface area contributed by atoms with Gasteiger partial charge in [0, 0.05) is 6.54 Å². The fourth-order valence-electron chi connectivity index (χ4n) is 2.48. The van der Waals surface area contributed by atoms with Crippen molar-refractivity contribution in [2.45, 2.75) is 33.6 Å². The zero-order valence-electron chi connectivity index (χ0n) is 14.6. The Morgan fingerprint density at radius 1 is 1.00 bits per heavy atom. The van der Waals surface area contributed by atoms with Gasteiger partial charge >= 0.3 is 0 Å². The minimum absolute atomic E-state index is 0.456. The summed E-state index contributed by atoms with van der Waals surface area (Å²) in [5, 5.41) is 3.38. The van der Waals surface area contributed by atoms with Gasteiger partial charge in [0.15, 0.2) is 0 Å². The maximum absolute atomic E-state index is 6.00. The van der Waals surface area contributed by atoms with E-state index in [4.69, 9.17) is 9.47 Å². The molecule has 0 aliphatic heterocycles. The molecule has 0 aliphatic carbocycles. The van der Waals surface area contributed by atoms with Crippen LogP contribution in [0.25, 0.3) is 0 Å². The molecular weight excluding hydrogens is 286 g/mol. The number of hydrogen-bond donors (Lipinski definition) is 1. The van der Waals surface area contributed by atoms with Crippen LogP contribution in [0.3, 0.4) is 0 Å². The molecule has 124 valence electrons. The van der Waals surface area contributed by atoms with Crippen LogP contribution in [0.2, 0.25) is 0 Å². The first kappa shape index (κ1) is 17.2.